The molecule has 1 rings (SSSR count). The molecule has 1 aromatic heterocycles. The zero-order valence-corrected chi connectivity index (χ0v) is 11.2. The molecule has 0 saturated heterocycles. The molecule has 0 fully saturated rings. The number of aromatic nitrogens is 3. The van der Waals surface area contributed by atoms with Crippen LogP contribution in [-0.2, 0) is 11.3 Å². The van der Waals surface area contributed by atoms with Gasteiger partial charge in [0.25, 0.3) is 0 Å². The topological polar surface area (TPSA) is 77.2 Å². The second-order valence-corrected chi connectivity index (χ2v) is 4.47. The van der Waals surface area contributed by atoms with Gasteiger partial charge >= 0.3 is 5.97 Å². The van der Waals surface area contributed by atoms with Gasteiger partial charge in [-0.3, -0.25) is 0 Å². The molecule has 0 aliphatic carbocycles. The Labute approximate surface area is 107 Å². The van der Waals surface area contributed by atoms with E-state index in [9.17, 15) is 4.79 Å². The van der Waals surface area contributed by atoms with Crippen molar-refractivity contribution in [1.29, 1.82) is 0 Å². The summed E-state index contributed by atoms with van der Waals surface area (Å²) < 4.78 is 7.07. The van der Waals surface area contributed by atoms with Crippen LogP contribution in [0.5, 0.6) is 0 Å². The molecule has 0 unspecified atom stereocenters. The zero-order valence-electron chi connectivity index (χ0n) is 11.2. The summed E-state index contributed by atoms with van der Waals surface area (Å²) >= 11 is 0. The largest absolute Gasteiger partial charge is 0.476 e. The normalized spacial score (nSPS) is 11.1. The van der Waals surface area contributed by atoms with Gasteiger partial charge in [-0.05, 0) is 12.3 Å². The Morgan fingerprint density at radius 1 is 1.44 bits per heavy atom. The van der Waals surface area contributed by atoms with E-state index in [2.05, 4.69) is 17.2 Å². The van der Waals surface area contributed by atoms with Crippen molar-refractivity contribution in [2.45, 2.75) is 46.1 Å². The summed E-state index contributed by atoms with van der Waals surface area (Å²) in [6, 6.07) is 0. The van der Waals surface area contributed by atoms with Crippen LogP contribution in [0, 0.1) is 0 Å². The molecule has 0 saturated carbocycles. The summed E-state index contributed by atoms with van der Waals surface area (Å²) in [5.41, 5.74) is 0.695. The molecule has 0 bridgehead atoms. The lowest BCUT2D eigenvalue weighted by molar-refractivity contribution is 0.0688. The first-order valence-electron chi connectivity index (χ1n) is 6.32. The van der Waals surface area contributed by atoms with Crippen molar-refractivity contribution in [1.82, 2.24) is 15.0 Å². The van der Waals surface area contributed by atoms with E-state index in [0.29, 0.717) is 18.8 Å². The lowest BCUT2D eigenvalue weighted by Crippen LogP contribution is -2.13. The Balaban J connectivity index is 2.62. The fourth-order valence-electron chi connectivity index (χ4n) is 1.71. The first kappa shape index (κ1) is 14.6. The standard InChI is InChI=1S/C12H21N3O3/c1-4-5-7-18-8-6-15-11(9(2)3)10(12(16)17)13-14-15/h9H,4-8H2,1-3H3,(H,16,17). The van der Waals surface area contributed by atoms with Crippen molar-refractivity contribution in [2.75, 3.05) is 13.2 Å². The van der Waals surface area contributed by atoms with E-state index in [1.54, 1.807) is 4.68 Å². The minimum Gasteiger partial charge on any atom is -0.476 e. The van der Waals surface area contributed by atoms with E-state index in [4.69, 9.17) is 9.84 Å². The van der Waals surface area contributed by atoms with Crippen molar-refractivity contribution < 1.29 is 14.6 Å². The molecule has 0 atom stereocenters. The van der Waals surface area contributed by atoms with Gasteiger partial charge < -0.3 is 9.84 Å². The molecular formula is C12H21N3O3. The lowest BCUT2D eigenvalue weighted by atomic mass is 10.1. The Morgan fingerprint density at radius 3 is 2.72 bits per heavy atom. The number of ether oxygens (including phenoxy) is 1. The van der Waals surface area contributed by atoms with Gasteiger partial charge in [-0.1, -0.05) is 32.4 Å². The summed E-state index contributed by atoms with van der Waals surface area (Å²) in [4.78, 5) is 11.0. The van der Waals surface area contributed by atoms with E-state index in [1.807, 2.05) is 13.8 Å². The molecule has 1 aromatic rings. The number of aromatic carboxylic acids is 1. The Hall–Kier alpha value is -1.43. The van der Waals surface area contributed by atoms with Gasteiger partial charge in [-0.2, -0.15) is 0 Å². The van der Waals surface area contributed by atoms with Crippen molar-refractivity contribution >= 4 is 5.97 Å². The summed E-state index contributed by atoms with van der Waals surface area (Å²) in [6.45, 7) is 7.77. The number of nitrogens with zero attached hydrogens (tertiary/aromatic N) is 3. The molecule has 18 heavy (non-hydrogen) atoms. The lowest BCUT2D eigenvalue weighted by Gasteiger charge is -2.10. The van der Waals surface area contributed by atoms with Gasteiger partial charge in [0.05, 0.1) is 18.8 Å². The predicted molar refractivity (Wildman–Crippen MR) is 66.8 cm³/mol. The van der Waals surface area contributed by atoms with Crippen molar-refractivity contribution in [3.63, 3.8) is 0 Å². The number of hydrogen-bond donors (Lipinski definition) is 1. The number of carboxylic acid groups (broad SMARTS) is 1. The molecule has 6 heteroatoms. The van der Waals surface area contributed by atoms with Crippen LogP contribution >= 0.6 is 0 Å². The number of hydrogen-bond acceptors (Lipinski definition) is 4. The average Bonchev–Trinajstić information content (AvgIpc) is 2.72. The van der Waals surface area contributed by atoms with Crippen LogP contribution in [0.1, 0.15) is 55.7 Å². The third kappa shape index (κ3) is 3.80. The molecule has 0 radical (unpaired) electrons. The van der Waals surface area contributed by atoms with Crippen LogP contribution in [0.15, 0.2) is 0 Å². The predicted octanol–water partition coefficient (Wildman–Crippen LogP) is 1.92. The number of rotatable bonds is 8. The van der Waals surface area contributed by atoms with Crippen LogP contribution in [-0.4, -0.2) is 39.3 Å². The summed E-state index contributed by atoms with van der Waals surface area (Å²) in [6.07, 6.45) is 2.14. The smallest absolute Gasteiger partial charge is 0.358 e. The van der Waals surface area contributed by atoms with Crippen LogP contribution < -0.4 is 0 Å². The first-order chi connectivity index (χ1) is 8.57. The number of carboxylic acids is 1. The first-order valence-corrected chi connectivity index (χ1v) is 6.32. The second-order valence-electron chi connectivity index (χ2n) is 4.47. The van der Waals surface area contributed by atoms with Crippen LogP contribution in [0.4, 0.5) is 0 Å². The molecule has 0 aliphatic rings. The van der Waals surface area contributed by atoms with Crippen molar-refractivity contribution in [3.8, 4) is 0 Å². The zero-order chi connectivity index (χ0) is 13.5. The number of unbranched alkanes of at least 4 members (excludes halogenated alkanes) is 1. The minimum atomic E-state index is -1.03. The maximum Gasteiger partial charge on any atom is 0.358 e. The molecule has 102 valence electrons. The maximum absolute atomic E-state index is 11.0. The van der Waals surface area contributed by atoms with Gasteiger partial charge in [0.15, 0.2) is 5.69 Å². The Morgan fingerprint density at radius 2 is 2.17 bits per heavy atom. The highest BCUT2D eigenvalue weighted by Gasteiger charge is 2.21. The van der Waals surface area contributed by atoms with Crippen molar-refractivity contribution in [3.05, 3.63) is 11.4 Å². The second kappa shape index (κ2) is 7.10. The Bertz CT molecular complexity index is 388. The maximum atomic E-state index is 11.0. The van der Waals surface area contributed by atoms with E-state index in [0.717, 1.165) is 19.4 Å². The van der Waals surface area contributed by atoms with Crippen LogP contribution in [0.2, 0.25) is 0 Å². The van der Waals surface area contributed by atoms with E-state index >= 15 is 0 Å². The quantitative estimate of drug-likeness (QED) is 0.718. The van der Waals surface area contributed by atoms with E-state index < -0.39 is 5.97 Å². The van der Waals surface area contributed by atoms with Gasteiger partial charge in [0.1, 0.15) is 0 Å². The minimum absolute atomic E-state index is 0.0403. The monoisotopic (exact) mass is 255 g/mol. The summed E-state index contributed by atoms with van der Waals surface area (Å²) in [5, 5.41) is 16.6. The highest BCUT2D eigenvalue weighted by atomic mass is 16.5. The average molecular weight is 255 g/mol. The fraction of sp³-hybridized carbons (Fsp3) is 0.750. The number of carbonyl (C=O) groups is 1. The molecule has 1 heterocycles. The molecule has 6 nitrogen and oxygen atoms in total. The van der Waals surface area contributed by atoms with Gasteiger partial charge in [0, 0.05) is 6.61 Å². The van der Waals surface area contributed by atoms with Crippen LogP contribution in [0.25, 0.3) is 0 Å². The molecule has 1 N–H and O–H groups in total. The molecular weight excluding hydrogens is 234 g/mol. The van der Waals surface area contributed by atoms with Gasteiger partial charge in [0.2, 0.25) is 0 Å². The van der Waals surface area contributed by atoms with Gasteiger partial charge in [-0.25, -0.2) is 9.48 Å². The van der Waals surface area contributed by atoms with Crippen molar-refractivity contribution in [2.24, 2.45) is 0 Å². The van der Waals surface area contributed by atoms with Gasteiger partial charge in [-0.15, -0.1) is 5.10 Å². The third-order valence-corrected chi connectivity index (χ3v) is 2.61. The third-order valence-electron chi connectivity index (χ3n) is 2.61. The Kier molecular flexibility index (Phi) is 5.77. The van der Waals surface area contributed by atoms with E-state index in [1.165, 1.54) is 0 Å². The highest BCUT2D eigenvalue weighted by molar-refractivity contribution is 5.86. The SMILES string of the molecule is CCCCOCCn1nnc(C(=O)O)c1C(C)C. The molecule has 0 aromatic carbocycles. The molecule has 0 spiro atoms. The molecule has 0 aliphatic heterocycles. The highest BCUT2D eigenvalue weighted by Crippen LogP contribution is 2.17. The summed E-state index contributed by atoms with van der Waals surface area (Å²) in [7, 11) is 0. The fourth-order valence-corrected chi connectivity index (χ4v) is 1.71. The van der Waals surface area contributed by atoms with Crippen LogP contribution in [0.3, 0.4) is 0 Å². The molecule has 0 amide bonds. The van der Waals surface area contributed by atoms with E-state index in [-0.39, 0.29) is 11.6 Å². The summed E-state index contributed by atoms with van der Waals surface area (Å²) in [5.74, 6) is -0.960.